The van der Waals surface area contributed by atoms with Crippen molar-refractivity contribution in [2.75, 3.05) is 5.32 Å². The number of amides is 1. The van der Waals surface area contributed by atoms with Gasteiger partial charge in [0.2, 0.25) is 0 Å². The molecule has 1 amide bonds. The zero-order valence-corrected chi connectivity index (χ0v) is 15.2. The smallest absolute Gasteiger partial charge is 0.387 e. The summed E-state index contributed by atoms with van der Waals surface area (Å²) in [5.41, 5.74) is 1.92. The highest BCUT2D eigenvalue weighted by molar-refractivity contribution is 6.04. The van der Waals surface area contributed by atoms with E-state index in [9.17, 15) is 18.4 Å². The van der Waals surface area contributed by atoms with E-state index in [1.807, 2.05) is 18.2 Å². The highest BCUT2D eigenvalue weighted by atomic mass is 19.3. The summed E-state index contributed by atoms with van der Waals surface area (Å²) in [6.07, 6.45) is 0. The Bertz CT molecular complexity index is 976. The molecule has 0 unspecified atom stereocenters. The van der Waals surface area contributed by atoms with Gasteiger partial charge in [0.05, 0.1) is 5.56 Å². The van der Waals surface area contributed by atoms with Gasteiger partial charge in [0, 0.05) is 11.3 Å². The lowest BCUT2D eigenvalue weighted by atomic mass is 10.1. The first-order valence-corrected chi connectivity index (χ1v) is 8.68. The van der Waals surface area contributed by atoms with Crippen LogP contribution in [0.1, 0.15) is 26.3 Å². The molecule has 0 bridgehead atoms. The van der Waals surface area contributed by atoms with Gasteiger partial charge < -0.3 is 14.8 Å². The van der Waals surface area contributed by atoms with Crippen LogP contribution >= 0.6 is 0 Å². The first-order chi connectivity index (χ1) is 14.0. The van der Waals surface area contributed by atoms with Crippen molar-refractivity contribution in [3.8, 4) is 5.75 Å². The summed E-state index contributed by atoms with van der Waals surface area (Å²) in [4.78, 5) is 24.3. The lowest BCUT2D eigenvalue weighted by Gasteiger charge is -2.08. The van der Waals surface area contributed by atoms with Crippen molar-refractivity contribution in [2.24, 2.45) is 0 Å². The van der Waals surface area contributed by atoms with Gasteiger partial charge >= 0.3 is 12.6 Å². The second kappa shape index (κ2) is 9.45. The molecule has 0 saturated carbocycles. The number of alkyl halides is 2. The van der Waals surface area contributed by atoms with Crippen molar-refractivity contribution in [1.29, 1.82) is 0 Å². The minimum atomic E-state index is -2.97. The molecule has 29 heavy (non-hydrogen) atoms. The number of anilines is 1. The van der Waals surface area contributed by atoms with E-state index in [0.29, 0.717) is 16.8 Å². The molecule has 0 fully saturated rings. The number of hydrogen-bond acceptors (Lipinski definition) is 4. The number of para-hydroxylation sites is 1. The van der Waals surface area contributed by atoms with Crippen LogP contribution in [0.4, 0.5) is 14.5 Å². The summed E-state index contributed by atoms with van der Waals surface area (Å²) in [5.74, 6) is -1.05. The molecule has 1 N–H and O–H groups in total. The Balaban J connectivity index is 1.56. The predicted molar refractivity (Wildman–Crippen MR) is 103 cm³/mol. The fourth-order valence-corrected chi connectivity index (χ4v) is 2.51. The van der Waals surface area contributed by atoms with E-state index >= 15 is 0 Å². The van der Waals surface area contributed by atoms with Gasteiger partial charge in [-0.05, 0) is 48.0 Å². The third-order valence-electron chi connectivity index (χ3n) is 3.91. The van der Waals surface area contributed by atoms with E-state index in [0.717, 1.165) is 0 Å². The van der Waals surface area contributed by atoms with Gasteiger partial charge in [-0.1, -0.05) is 36.4 Å². The zero-order chi connectivity index (χ0) is 20.6. The number of hydrogen-bond donors (Lipinski definition) is 1. The molecule has 0 spiro atoms. The Hall–Kier alpha value is -3.74. The van der Waals surface area contributed by atoms with Crippen LogP contribution in [-0.2, 0) is 11.3 Å². The molecule has 148 valence electrons. The third-order valence-corrected chi connectivity index (χ3v) is 3.91. The number of ether oxygens (including phenoxy) is 2. The van der Waals surface area contributed by atoms with Gasteiger partial charge in [-0.2, -0.15) is 8.78 Å². The Labute approximate surface area is 165 Å². The summed E-state index contributed by atoms with van der Waals surface area (Å²) in [6.45, 7) is -3.00. The standard InChI is InChI=1S/C22H17F2NO4/c23-22(24)29-19-8-4-5-17(13-19)21(27)28-14-15-9-11-16(12-10-15)20(26)25-18-6-2-1-3-7-18/h1-13,22H,14H2,(H,25,26). The molecule has 7 heteroatoms. The summed E-state index contributed by atoms with van der Waals surface area (Å²) >= 11 is 0. The van der Waals surface area contributed by atoms with Crippen LogP contribution in [-0.4, -0.2) is 18.5 Å². The summed E-state index contributed by atoms with van der Waals surface area (Å²) < 4.78 is 34.0. The third kappa shape index (κ3) is 5.87. The van der Waals surface area contributed by atoms with E-state index in [1.54, 1.807) is 36.4 Å². The summed E-state index contributed by atoms with van der Waals surface area (Å²) in [7, 11) is 0. The molecule has 0 aliphatic carbocycles. The largest absolute Gasteiger partial charge is 0.457 e. The molecule has 3 rings (SSSR count). The van der Waals surface area contributed by atoms with Crippen molar-refractivity contribution in [2.45, 2.75) is 13.2 Å². The quantitative estimate of drug-likeness (QED) is 0.576. The molecule has 0 heterocycles. The van der Waals surface area contributed by atoms with Crippen LogP contribution in [0.3, 0.4) is 0 Å². The number of esters is 1. The second-order valence-electron chi connectivity index (χ2n) is 6.00. The Kier molecular flexibility index (Phi) is 6.52. The Morgan fingerprint density at radius 2 is 1.59 bits per heavy atom. The Morgan fingerprint density at radius 3 is 2.28 bits per heavy atom. The molecular weight excluding hydrogens is 380 g/mol. The average Bonchev–Trinajstić information content (AvgIpc) is 2.73. The van der Waals surface area contributed by atoms with E-state index < -0.39 is 12.6 Å². The van der Waals surface area contributed by atoms with Gasteiger partial charge in [0.15, 0.2) is 0 Å². The molecule has 0 aromatic heterocycles. The van der Waals surface area contributed by atoms with Crippen LogP contribution in [0.5, 0.6) is 5.75 Å². The highest BCUT2D eigenvalue weighted by Crippen LogP contribution is 2.17. The molecule has 0 radical (unpaired) electrons. The van der Waals surface area contributed by atoms with Crippen LogP contribution in [0.15, 0.2) is 78.9 Å². The SMILES string of the molecule is O=C(Nc1ccccc1)c1ccc(COC(=O)c2cccc(OC(F)F)c2)cc1. The maximum absolute atomic E-state index is 12.3. The number of benzene rings is 3. The van der Waals surface area contributed by atoms with E-state index in [-0.39, 0.29) is 23.8 Å². The first-order valence-electron chi connectivity index (χ1n) is 8.68. The van der Waals surface area contributed by atoms with Crippen LogP contribution in [0.25, 0.3) is 0 Å². The lowest BCUT2D eigenvalue weighted by molar-refractivity contribution is -0.0499. The van der Waals surface area contributed by atoms with Gasteiger partial charge in [-0.15, -0.1) is 0 Å². The zero-order valence-electron chi connectivity index (χ0n) is 15.2. The number of halogens is 2. The van der Waals surface area contributed by atoms with Crippen LogP contribution in [0.2, 0.25) is 0 Å². The van der Waals surface area contributed by atoms with E-state index in [1.165, 1.54) is 24.3 Å². The first kappa shape index (κ1) is 20.0. The number of rotatable bonds is 7. The number of carbonyl (C=O) groups is 2. The predicted octanol–water partition coefficient (Wildman–Crippen LogP) is 4.90. The molecule has 0 atom stereocenters. The monoisotopic (exact) mass is 397 g/mol. The maximum atomic E-state index is 12.3. The highest BCUT2D eigenvalue weighted by Gasteiger charge is 2.11. The fourth-order valence-electron chi connectivity index (χ4n) is 2.51. The average molecular weight is 397 g/mol. The second-order valence-corrected chi connectivity index (χ2v) is 6.00. The fraction of sp³-hybridized carbons (Fsp3) is 0.0909. The molecule has 0 saturated heterocycles. The molecule has 3 aromatic carbocycles. The van der Waals surface area contributed by atoms with Crippen molar-refractivity contribution in [1.82, 2.24) is 0 Å². The normalized spacial score (nSPS) is 10.4. The van der Waals surface area contributed by atoms with Crippen LogP contribution in [0, 0.1) is 0 Å². The van der Waals surface area contributed by atoms with Gasteiger partial charge in [0.25, 0.3) is 5.91 Å². The molecule has 0 aliphatic heterocycles. The number of carbonyl (C=O) groups excluding carboxylic acids is 2. The molecule has 3 aromatic rings. The minimum absolute atomic E-state index is 0.0284. The summed E-state index contributed by atoms with van der Waals surface area (Å²) in [6, 6.07) is 21.0. The van der Waals surface area contributed by atoms with Gasteiger partial charge in [-0.25, -0.2) is 4.79 Å². The van der Waals surface area contributed by atoms with Gasteiger partial charge in [0.1, 0.15) is 12.4 Å². The summed E-state index contributed by atoms with van der Waals surface area (Å²) in [5, 5.41) is 2.78. The molecule has 5 nitrogen and oxygen atoms in total. The lowest BCUT2D eigenvalue weighted by Crippen LogP contribution is -2.12. The van der Waals surface area contributed by atoms with E-state index in [2.05, 4.69) is 10.1 Å². The van der Waals surface area contributed by atoms with Crippen molar-refractivity contribution in [3.05, 3.63) is 95.6 Å². The van der Waals surface area contributed by atoms with E-state index in [4.69, 9.17) is 4.74 Å². The minimum Gasteiger partial charge on any atom is -0.457 e. The molecular formula is C22H17F2NO4. The Morgan fingerprint density at radius 1 is 0.862 bits per heavy atom. The van der Waals surface area contributed by atoms with Gasteiger partial charge in [-0.3, -0.25) is 4.79 Å². The van der Waals surface area contributed by atoms with Crippen molar-refractivity contribution >= 4 is 17.6 Å². The van der Waals surface area contributed by atoms with Crippen molar-refractivity contribution < 1.29 is 27.8 Å². The number of nitrogens with one attached hydrogen (secondary N) is 1. The maximum Gasteiger partial charge on any atom is 0.387 e. The van der Waals surface area contributed by atoms with Crippen LogP contribution < -0.4 is 10.1 Å². The topological polar surface area (TPSA) is 64.6 Å². The van der Waals surface area contributed by atoms with Crippen molar-refractivity contribution in [3.63, 3.8) is 0 Å². The molecule has 0 aliphatic rings.